The fraction of sp³-hybridized carbons (Fsp3) is 0.643. The van der Waals surface area contributed by atoms with Crippen molar-refractivity contribution in [1.82, 2.24) is 15.1 Å². The van der Waals surface area contributed by atoms with Crippen molar-refractivity contribution in [2.24, 2.45) is 0 Å². The third-order valence-electron chi connectivity index (χ3n) is 2.95. The van der Waals surface area contributed by atoms with Crippen LogP contribution in [0.1, 0.15) is 43.1 Å². The van der Waals surface area contributed by atoms with Crippen LogP contribution in [-0.2, 0) is 13.1 Å². The summed E-state index contributed by atoms with van der Waals surface area (Å²) < 4.78 is 2.08. The maximum atomic E-state index is 5.26. The molecule has 1 N–H and O–H groups in total. The van der Waals surface area contributed by atoms with Gasteiger partial charge in [-0.1, -0.05) is 6.92 Å². The monoisotopic (exact) mass is 233 g/mol. The first-order chi connectivity index (χ1) is 8.20. The third kappa shape index (κ3) is 3.90. The zero-order valence-corrected chi connectivity index (χ0v) is 11.2. The number of nitrogens with zero attached hydrogens (tertiary/aromatic N) is 2. The standard InChI is InChI=1S/C14H23N3/c1-5-7-8-10-17-13(4)14(12(3)16-17)11-15-9-6-2/h1,15H,6-11H2,2-4H3. The quantitative estimate of drug-likeness (QED) is 0.579. The summed E-state index contributed by atoms with van der Waals surface area (Å²) in [7, 11) is 0. The van der Waals surface area contributed by atoms with Gasteiger partial charge in [-0.25, -0.2) is 0 Å². The normalized spacial score (nSPS) is 10.5. The van der Waals surface area contributed by atoms with Gasteiger partial charge in [-0.2, -0.15) is 5.10 Å². The lowest BCUT2D eigenvalue weighted by Crippen LogP contribution is -2.15. The average molecular weight is 233 g/mol. The van der Waals surface area contributed by atoms with E-state index >= 15 is 0 Å². The first-order valence-corrected chi connectivity index (χ1v) is 6.37. The minimum atomic E-state index is 0.821. The summed E-state index contributed by atoms with van der Waals surface area (Å²) in [6.07, 6.45) is 8.24. The summed E-state index contributed by atoms with van der Waals surface area (Å²) in [4.78, 5) is 0. The molecule has 1 aromatic rings. The Morgan fingerprint density at radius 2 is 2.18 bits per heavy atom. The lowest BCUT2D eigenvalue weighted by Gasteiger charge is -2.05. The van der Waals surface area contributed by atoms with E-state index in [9.17, 15) is 0 Å². The Kier molecular flexibility index (Phi) is 5.79. The molecule has 0 unspecified atom stereocenters. The lowest BCUT2D eigenvalue weighted by molar-refractivity contribution is 0.568. The van der Waals surface area contributed by atoms with Crippen LogP contribution >= 0.6 is 0 Å². The Bertz CT molecular complexity index is 385. The molecule has 17 heavy (non-hydrogen) atoms. The number of aromatic nitrogens is 2. The molecule has 0 aliphatic rings. The molecule has 0 fully saturated rings. The lowest BCUT2D eigenvalue weighted by atomic mass is 10.2. The van der Waals surface area contributed by atoms with Crippen LogP contribution in [0, 0.1) is 26.2 Å². The fourth-order valence-corrected chi connectivity index (χ4v) is 1.93. The molecule has 1 rings (SSSR count). The molecule has 3 heteroatoms. The van der Waals surface area contributed by atoms with E-state index in [1.807, 2.05) is 0 Å². The highest BCUT2D eigenvalue weighted by atomic mass is 15.3. The Morgan fingerprint density at radius 1 is 1.41 bits per heavy atom. The molecule has 0 radical (unpaired) electrons. The Balaban J connectivity index is 2.62. The van der Waals surface area contributed by atoms with Crippen molar-refractivity contribution in [2.45, 2.75) is 53.1 Å². The Hall–Kier alpha value is -1.27. The molecule has 0 aliphatic heterocycles. The summed E-state index contributed by atoms with van der Waals surface area (Å²) >= 11 is 0. The van der Waals surface area contributed by atoms with Crippen LogP contribution in [0.3, 0.4) is 0 Å². The van der Waals surface area contributed by atoms with Gasteiger partial charge >= 0.3 is 0 Å². The largest absolute Gasteiger partial charge is 0.313 e. The number of rotatable bonds is 7. The summed E-state index contributed by atoms with van der Waals surface area (Å²) in [5.41, 5.74) is 3.73. The molecule has 1 heterocycles. The summed E-state index contributed by atoms with van der Waals surface area (Å²) in [6.45, 7) is 9.29. The summed E-state index contributed by atoms with van der Waals surface area (Å²) in [5, 5.41) is 8.00. The first kappa shape index (κ1) is 13.8. The van der Waals surface area contributed by atoms with Gasteiger partial charge in [0.15, 0.2) is 0 Å². The number of aryl methyl sites for hydroxylation is 2. The minimum absolute atomic E-state index is 0.821. The van der Waals surface area contributed by atoms with E-state index in [-0.39, 0.29) is 0 Å². The van der Waals surface area contributed by atoms with Crippen LogP contribution in [-0.4, -0.2) is 16.3 Å². The van der Waals surface area contributed by atoms with Crippen LogP contribution in [0.25, 0.3) is 0 Å². The van der Waals surface area contributed by atoms with Gasteiger partial charge < -0.3 is 5.32 Å². The second kappa shape index (κ2) is 7.13. The molecule has 0 saturated heterocycles. The molecule has 0 aliphatic carbocycles. The highest BCUT2D eigenvalue weighted by Gasteiger charge is 2.10. The minimum Gasteiger partial charge on any atom is -0.313 e. The van der Waals surface area contributed by atoms with Crippen LogP contribution in [0.15, 0.2) is 0 Å². The van der Waals surface area contributed by atoms with Crippen LogP contribution in [0.4, 0.5) is 0 Å². The van der Waals surface area contributed by atoms with E-state index < -0.39 is 0 Å². The predicted octanol–water partition coefficient (Wildman–Crippen LogP) is 2.41. The average Bonchev–Trinajstić information content (AvgIpc) is 2.57. The molecular formula is C14H23N3. The molecule has 0 aromatic carbocycles. The summed E-state index contributed by atoms with van der Waals surface area (Å²) in [6, 6.07) is 0. The van der Waals surface area contributed by atoms with Gasteiger partial charge in [0.2, 0.25) is 0 Å². The Morgan fingerprint density at radius 3 is 2.82 bits per heavy atom. The second-order valence-corrected chi connectivity index (χ2v) is 4.36. The van der Waals surface area contributed by atoms with Gasteiger partial charge in [0.05, 0.1) is 5.69 Å². The second-order valence-electron chi connectivity index (χ2n) is 4.36. The predicted molar refractivity (Wildman–Crippen MR) is 71.8 cm³/mol. The van der Waals surface area contributed by atoms with Crippen molar-refractivity contribution in [2.75, 3.05) is 6.54 Å². The van der Waals surface area contributed by atoms with Crippen molar-refractivity contribution in [3.63, 3.8) is 0 Å². The highest BCUT2D eigenvalue weighted by Crippen LogP contribution is 2.13. The van der Waals surface area contributed by atoms with E-state index in [0.29, 0.717) is 0 Å². The molecule has 0 bridgehead atoms. The van der Waals surface area contributed by atoms with Crippen molar-refractivity contribution in [1.29, 1.82) is 0 Å². The third-order valence-corrected chi connectivity index (χ3v) is 2.95. The van der Waals surface area contributed by atoms with Crippen molar-refractivity contribution < 1.29 is 0 Å². The Labute approximate surface area is 105 Å². The highest BCUT2D eigenvalue weighted by molar-refractivity contribution is 5.24. The van der Waals surface area contributed by atoms with Crippen LogP contribution in [0.5, 0.6) is 0 Å². The smallest absolute Gasteiger partial charge is 0.0641 e. The molecule has 3 nitrogen and oxygen atoms in total. The molecule has 1 aromatic heterocycles. The number of unbranched alkanes of at least 4 members (excludes halogenated alkanes) is 1. The van der Waals surface area contributed by atoms with E-state index in [0.717, 1.165) is 44.6 Å². The molecule has 94 valence electrons. The van der Waals surface area contributed by atoms with Crippen molar-refractivity contribution in [3.05, 3.63) is 17.0 Å². The van der Waals surface area contributed by atoms with E-state index in [2.05, 4.69) is 41.8 Å². The first-order valence-electron chi connectivity index (χ1n) is 6.37. The number of hydrogen-bond donors (Lipinski definition) is 1. The van der Waals surface area contributed by atoms with Crippen molar-refractivity contribution >= 4 is 0 Å². The van der Waals surface area contributed by atoms with Gasteiger partial charge in [0, 0.05) is 30.8 Å². The number of hydrogen-bond acceptors (Lipinski definition) is 2. The van der Waals surface area contributed by atoms with Crippen LogP contribution < -0.4 is 5.32 Å². The summed E-state index contributed by atoms with van der Waals surface area (Å²) in [5.74, 6) is 2.67. The van der Waals surface area contributed by atoms with Gasteiger partial charge in [-0.05, 0) is 33.2 Å². The molecule has 0 saturated carbocycles. The maximum Gasteiger partial charge on any atom is 0.0641 e. The maximum absolute atomic E-state index is 5.26. The fourth-order valence-electron chi connectivity index (χ4n) is 1.93. The topological polar surface area (TPSA) is 29.9 Å². The van der Waals surface area contributed by atoms with E-state index in [1.54, 1.807) is 0 Å². The molecular weight excluding hydrogens is 210 g/mol. The zero-order valence-electron chi connectivity index (χ0n) is 11.2. The number of nitrogens with one attached hydrogen (secondary N) is 1. The molecule has 0 amide bonds. The SMILES string of the molecule is C#CCCCn1nc(C)c(CNCCC)c1C. The number of terminal acetylenes is 1. The van der Waals surface area contributed by atoms with Gasteiger partial charge in [-0.15, -0.1) is 12.3 Å². The van der Waals surface area contributed by atoms with E-state index in [4.69, 9.17) is 6.42 Å². The van der Waals surface area contributed by atoms with Gasteiger partial charge in [0.25, 0.3) is 0 Å². The van der Waals surface area contributed by atoms with E-state index in [1.165, 1.54) is 11.3 Å². The van der Waals surface area contributed by atoms with Gasteiger partial charge in [0.1, 0.15) is 0 Å². The zero-order chi connectivity index (χ0) is 12.7. The molecule has 0 atom stereocenters. The molecule has 0 spiro atoms. The van der Waals surface area contributed by atoms with Crippen LogP contribution in [0.2, 0.25) is 0 Å². The van der Waals surface area contributed by atoms with Crippen molar-refractivity contribution in [3.8, 4) is 12.3 Å². The van der Waals surface area contributed by atoms with Gasteiger partial charge in [-0.3, -0.25) is 4.68 Å².